The van der Waals surface area contributed by atoms with E-state index < -0.39 is 34.1 Å². The number of nitrogens with one attached hydrogen (secondary N) is 1. The van der Waals surface area contributed by atoms with E-state index in [1.807, 2.05) is 26.8 Å². The fraction of sp³-hybridized carbons (Fsp3) is 0.321. The van der Waals surface area contributed by atoms with E-state index in [1.165, 1.54) is 25.3 Å². The Morgan fingerprint density at radius 3 is 2.45 bits per heavy atom. The first-order valence-corrected chi connectivity index (χ1v) is 13.8. The van der Waals surface area contributed by atoms with Gasteiger partial charge in [-0.05, 0) is 69.3 Å². The van der Waals surface area contributed by atoms with Gasteiger partial charge in [0.1, 0.15) is 29.4 Å². The standard InChI is InChI=1S/C28H31ClN2O6S/c1-18-6-10-21(11-7-18)38(33,34)31(24-14-19(29)8-12-26(24)36-5)17-27(32)30-23-16-28(2,3)37-25-13-9-20(35-4)15-22(23)25/h6-15,23H,16-17H2,1-5H3,(H,30,32). The molecule has 3 aromatic carbocycles. The van der Waals surface area contributed by atoms with E-state index in [2.05, 4.69) is 5.32 Å². The van der Waals surface area contributed by atoms with Gasteiger partial charge in [-0.25, -0.2) is 8.42 Å². The van der Waals surface area contributed by atoms with E-state index >= 15 is 0 Å². The first-order valence-electron chi connectivity index (χ1n) is 12.0. The summed E-state index contributed by atoms with van der Waals surface area (Å²) in [5, 5.41) is 3.32. The van der Waals surface area contributed by atoms with E-state index in [0.29, 0.717) is 22.9 Å². The number of sulfonamides is 1. The zero-order valence-electron chi connectivity index (χ0n) is 21.9. The van der Waals surface area contributed by atoms with Crippen molar-refractivity contribution >= 4 is 33.2 Å². The molecule has 0 spiro atoms. The predicted octanol–water partition coefficient (Wildman–Crippen LogP) is 5.28. The summed E-state index contributed by atoms with van der Waals surface area (Å²) in [5.74, 6) is 1.02. The molecule has 1 aliphatic heterocycles. The molecule has 0 aromatic heterocycles. The minimum absolute atomic E-state index is 0.0419. The molecule has 202 valence electrons. The second-order valence-corrected chi connectivity index (χ2v) is 12.0. The quantitative estimate of drug-likeness (QED) is 0.404. The predicted molar refractivity (Wildman–Crippen MR) is 147 cm³/mol. The highest BCUT2D eigenvalue weighted by atomic mass is 35.5. The Bertz CT molecular complexity index is 1440. The first kappa shape index (κ1) is 27.6. The lowest BCUT2D eigenvalue weighted by Crippen LogP contribution is -2.45. The smallest absolute Gasteiger partial charge is 0.264 e. The average molecular weight is 559 g/mol. The van der Waals surface area contributed by atoms with Gasteiger partial charge in [-0.3, -0.25) is 9.10 Å². The molecule has 1 heterocycles. The van der Waals surface area contributed by atoms with Crippen molar-refractivity contribution in [3.05, 3.63) is 76.8 Å². The third-order valence-corrected chi connectivity index (χ3v) is 8.32. The molecular weight excluding hydrogens is 528 g/mol. The molecule has 1 amide bonds. The van der Waals surface area contributed by atoms with Crippen molar-refractivity contribution in [2.75, 3.05) is 25.1 Å². The zero-order valence-corrected chi connectivity index (χ0v) is 23.5. The summed E-state index contributed by atoms with van der Waals surface area (Å²) in [5.41, 5.74) is 1.27. The Balaban J connectivity index is 1.71. The number of ether oxygens (including phenoxy) is 3. The molecule has 1 unspecified atom stereocenters. The Kier molecular flexibility index (Phi) is 7.80. The SMILES string of the molecule is COc1ccc2c(c1)C(NC(=O)CN(c1cc(Cl)ccc1OC)S(=O)(=O)c1ccc(C)cc1)CC(C)(C)O2. The maximum absolute atomic E-state index is 13.8. The third-order valence-electron chi connectivity index (χ3n) is 6.32. The van der Waals surface area contributed by atoms with Crippen LogP contribution in [0.5, 0.6) is 17.2 Å². The molecule has 0 fully saturated rings. The minimum atomic E-state index is -4.16. The summed E-state index contributed by atoms with van der Waals surface area (Å²) in [6.45, 7) is 5.24. The Hall–Kier alpha value is -3.43. The van der Waals surface area contributed by atoms with Crippen LogP contribution in [0, 0.1) is 6.92 Å². The van der Waals surface area contributed by atoms with Gasteiger partial charge >= 0.3 is 0 Å². The number of halogens is 1. The van der Waals surface area contributed by atoms with Gasteiger partial charge in [0.15, 0.2) is 0 Å². The highest BCUT2D eigenvalue weighted by Crippen LogP contribution is 2.41. The molecule has 0 saturated carbocycles. The maximum atomic E-state index is 13.8. The second-order valence-electron chi connectivity index (χ2n) is 9.73. The molecule has 0 saturated heterocycles. The van der Waals surface area contributed by atoms with Gasteiger partial charge in [-0.15, -0.1) is 0 Å². The van der Waals surface area contributed by atoms with Gasteiger partial charge in [0.05, 0.1) is 30.8 Å². The normalized spacial score (nSPS) is 16.1. The van der Waals surface area contributed by atoms with Crippen LogP contribution < -0.4 is 23.8 Å². The van der Waals surface area contributed by atoms with Crippen molar-refractivity contribution in [1.82, 2.24) is 5.32 Å². The summed E-state index contributed by atoms with van der Waals surface area (Å²) < 4.78 is 45.6. The molecule has 1 atom stereocenters. The molecule has 0 aliphatic carbocycles. The number of nitrogens with zero attached hydrogens (tertiary/aromatic N) is 1. The number of benzene rings is 3. The minimum Gasteiger partial charge on any atom is -0.497 e. The van der Waals surface area contributed by atoms with E-state index in [4.69, 9.17) is 25.8 Å². The Morgan fingerprint density at radius 1 is 1.08 bits per heavy atom. The number of carbonyl (C=O) groups is 1. The van der Waals surface area contributed by atoms with Crippen LogP contribution in [0.15, 0.2) is 65.6 Å². The van der Waals surface area contributed by atoms with Gasteiger partial charge in [-0.2, -0.15) is 0 Å². The Morgan fingerprint density at radius 2 is 1.79 bits per heavy atom. The second kappa shape index (κ2) is 10.7. The van der Waals surface area contributed by atoms with Crippen molar-refractivity contribution < 1.29 is 27.4 Å². The van der Waals surface area contributed by atoms with E-state index in [9.17, 15) is 13.2 Å². The van der Waals surface area contributed by atoms with Crippen molar-refractivity contribution in [2.24, 2.45) is 0 Å². The highest BCUT2D eigenvalue weighted by molar-refractivity contribution is 7.92. The van der Waals surface area contributed by atoms with Gasteiger partial charge in [0.2, 0.25) is 5.91 Å². The van der Waals surface area contributed by atoms with Crippen LogP contribution in [0.4, 0.5) is 5.69 Å². The van der Waals surface area contributed by atoms with Crippen LogP contribution in [0.1, 0.15) is 37.4 Å². The maximum Gasteiger partial charge on any atom is 0.264 e. The van der Waals surface area contributed by atoms with Crippen LogP contribution in [-0.4, -0.2) is 40.7 Å². The molecule has 0 bridgehead atoms. The number of anilines is 1. The first-order chi connectivity index (χ1) is 17.9. The zero-order chi connectivity index (χ0) is 27.7. The summed E-state index contributed by atoms with van der Waals surface area (Å²) in [6.07, 6.45) is 0.476. The van der Waals surface area contributed by atoms with Gasteiger partial charge in [0.25, 0.3) is 10.0 Å². The van der Waals surface area contributed by atoms with Gasteiger partial charge in [0, 0.05) is 17.0 Å². The monoisotopic (exact) mass is 558 g/mol. The van der Waals surface area contributed by atoms with Gasteiger partial charge in [-0.1, -0.05) is 29.3 Å². The number of fused-ring (bicyclic) bond motifs is 1. The number of methoxy groups -OCH3 is 2. The summed E-state index contributed by atoms with van der Waals surface area (Å²) in [4.78, 5) is 13.6. The molecule has 10 heteroatoms. The average Bonchev–Trinajstić information content (AvgIpc) is 2.86. The molecular formula is C28H31ClN2O6S. The lowest BCUT2D eigenvalue weighted by molar-refractivity contribution is -0.120. The number of carbonyl (C=O) groups excluding carboxylic acids is 1. The molecule has 38 heavy (non-hydrogen) atoms. The van der Waals surface area contributed by atoms with E-state index in [-0.39, 0.29) is 16.3 Å². The molecule has 4 rings (SSSR count). The molecule has 1 aliphatic rings. The van der Waals surface area contributed by atoms with Crippen molar-refractivity contribution in [3.63, 3.8) is 0 Å². The van der Waals surface area contributed by atoms with E-state index in [0.717, 1.165) is 15.4 Å². The van der Waals surface area contributed by atoms with Crippen molar-refractivity contribution in [2.45, 2.75) is 43.7 Å². The molecule has 1 N–H and O–H groups in total. The largest absolute Gasteiger partial charge is 0.497 e. The number of aryl methyl sites for hydroxylation is 1. The summed E-state index contributed by atoms with van der Waals surface area (Å²) in [7, 11) is -1.17. The number of amides is 1. The topological polar surface area (TPSA) is 94.2 Å². The molecule has 8 nitrogen and oxygen atoms in total. The number of hydrogen-bond acceptors (Lipinski definition) is 6. The van der Waals surface area contributed by atoms with Crippen LogP contribution in [0.2, 0.25) is 5.02 Å². The van der Waals surface area contributed by atoms with Crippen LogP contribution >= 0.6 is 11.6 Å². The third kappa shape index (κ3) is 5.84. The van der Waals surface area contributed by atoms with E-state index in [1.54, 1.807) is 43.5 Å². The van der Waals surface area contributed by atoms with Crippen molar-refractivity contribution in [1.29, 1.82) is 0 Å². The lowest BCUT2D eigenvalue weighted by Gasteiger charge is -2.38. The van der Waals surface area contributed by atoms with Crippen LogP contribution in [0.3, 0.4) is 0 Å². The highest BCUT2D eigenvalue weighted by Gasteiger charge is 2.36. The van der Waals surface area contributed by atoms with Crippen LogP contribution in [0.25, 0.3) is 0 Å². The lowest BCUT2D eigenvalue weighted by atomic mass is 9.89. The fourth-order valence-corrected chi connectivity index (χ4v) is 6.04. The summed E-state index contributed by atoms with van der Waals surface area (Å²) >= 11 is 6.24. The number of hydrogen-bond donors (Lipinski definition) is 1. The van der Waals surface area contributed by atoms with Crippen LogP contribution in [-0.2, 0) is 14.8 Å². The molecule has 3 aromatic rings. The van der Waals surface area contributed by atoms with Crippen molar-refractivity contribution in [3.8, 4) is 17.2 Å². The number of rotatable bonds is 8. The summed E-state index contributed by atoms with van der Waals surface area (Å²) in [6, 6.07) is 16.0. The fourth-order valence-electron chi connectivity index (χ4n) is 4.45. The Labute approximate surface area is 228 Å². The molecule has 0 radical (unpaired) electrons. The van der Waals surface area contributed by atoms with Gasteiger partial charge < -0.3 is 19.5 Å².